The molecule has 0 unspecified atom stereocenters. The molecule has 0 aliphatic rings. The molecule has 8 heteroatoms. The summed E-state index contributed by atoms with van der Waals surface area (Å²) in [5.74, 6) is 0. The number of thiocarbonyl (C=S) groups is 1. The van der Waals surface area contributed by atoms with E-state index in [4.69, 9.17) is 12.2 Å². The van der Waals surface area contributed by atoms with Crippen LogP contribution in [0, 0.1) is 0 Å². The fourth-order valence-electron chi connectivity index (χ4n) is 2.21. The average molecular weight is 337 g/mol. The van der Waals surface area contributed by atoms with Gasteiger partial charge in [-0.1, -0.05) is 18.2 Å². The van der Waals surface area contributed by atoms with Crippen molar-refractivity contribution in [3.63, 3.8) is 0 Å². The van der Waals surface area contributed by atoms with Crippen molar-refractivity contribution in [2.45, 2.75) is 6.18 Å². The van der Waals surface area contributed by atoms with Gasteiger partial charge in [0.25, 0.3) is 0 Å². The Balaban J connectivity index is 1.96. The number of para-hydroxylation sites is 2. The van der Waals surface area contributed by atoms with Crippen LogP contribution in [0.5, 0.6) is 0 Å². The zero-order valence-corrected chi connectivity index (χ0v) is 12.3. The third-order valence-electron chi connectivity index (χ3n) is 3.23. The molecule has 2 N–H and O–H groups in total. The zero-order chi connectivity index (χ0) is 16.6. The molecule has 0 saturated carbocycles. The highest BCUT2D eigenvalue weighted by Gasteiger charge is 2.30. The fraction of sp³-hybridized carbons (Fsp3) is 0.0667. The minimum atomic E-state index is -4.45. The van der Waals surface area contributed by atoms with Gasteiger partial charge in [-0.3, -0.25) is 0 Å². The first-order valence-electron chi connectivity index (χ1n) is 6.54. The second-order valence-electron chi connectivity index (χ2n) is 4.79. The highest BCUT2D eigenvalue weighted by atomic mass is 32.1. The van der Waals surface area contributed by atoms with Crippen molar-refractivity contribution in [3.8, 4) is 0 Å². The topological polar surface area (TPSA) is 49.8 Å². The standard InChI is InChI=1S/C15H10F3N3OS/c16-15(17,18)9-4-3-5-10(8-9)19-14(23)21-12-7-2-1-6-11(12)20-13(21)22/h1-8H,(H,19,23)(H,20,22). The Labute approximate surface area is 133 Å². The van der Waals surface area contributed by atoms with E-state index in [9.17, 15) is 18.0 Å². The van der Waals surface area contributed by atoms with E-state index in [-0.39, 0.29) is 10.8 Å². The quantitative estimate of drug-likeness (QED) is 0.667. The van der Waals surface area contributed by atoms with E-state index in [2.05, 4.69) is 10.3 Å². The maximum atomic E-state index is 12.7. The van der Waals surface area contributed by atoms with E-state index >= 15 is 0 Å². The second kappa shape index (κ2) is 5.54. The van der Waals surface area contributed by atoms with E-state index in [1.807, 2.05) is 0 Å². The summed E-state index contributed by atoms with van der Waals surface area (Å²) in [5, 5.41) is 2.66. The largest absolute Gasteiger partial charge is 0.416 e. The number of anilines is 1. The predicted octanol–water partition coefficient (Wildman–Crippen LogP) is 3.59. The number of nitrogens with one attached hydrogen (secondary N) is 2. The number of benzene rings is 2. The van der Waals surface area contributed by atoms with Crippen LogP contribution in [0.3, 0.4) is 0 Å². The van der Waals surface area contributed by atoms with E-state index in [0.29, 0.717) is 11.0 Å². The molecule has 0 saturated heterocycles. The van der Waals surface area contributed by atoms with Crippen LogP contribution in [0.1, 0.15) is 5.56 Å². The number of rotatable bonds is 1. The first-order chi connectivity index (χ1) is 10.9. The molecular formula is C15H10F3N3OS. The fourth-order valence-corrected chi connectivity index (χ4v) is 2.51. The molecule has 2 aromatic carbocycles. The number of fused-ring (bicyclic) bond motifs is 1. The molecule has 0 bridgehead atoms. The van der Waals surface area contributed by atoms with Gasteiger partial charge in [0.05, 0.1) is 16.6 Å². The minimum absolute atomic E-state index is 0.00762. The lowest BCUT2D eigenvalue weighted by molar-refractivity contribution is -0.137. The Hall–Kier alpha value is -2.61. The van der Waals surface area contributed by atoms with Crippen molar-refractivity contribution in [1.29, 1.82) is 0 Å². The van der Waals surface area contributed by atoms with Gasteiger partial charge in [-0.05, 0) is 42.5 Å². The third kappa shape index (κ3) is 2.98. The smallest absolute Gasteiger partial charge is 0.332 e. The van der Waals surface area contributed by atoms with Gasteiger partial charge in [0.1, 0.15) is 0 Å². The van der Waals surface area contributed by atoms with Gasteiger partial charge in [-0.2, -0.15) is 13.2 Å². The van der Waals surface area contributed by atoms with Crippen LogP contribution in [0.15, 0.2) is 53.3 Å². The van der Waals surface area contributed by atoms with Crippen molar-refractivity contribution in [3.05, 3.63) is 64.6 Å². The summed E-state index contributed by atoms with van der Waals surface area (Å²) in [5.41, 5.74) is 0.0296. The lowest BCUT2D eigenvalue weighted by Gasteiger charge is -2.11. The monoisotopic (exact) mass is 337 g/mol. The van der Waals surface area contributed by atoms with Crippen molar-refractivity contribution in [1.82, 2.24) is 9.55 Å². The summed E-state index contributed by atoms with van der Waals surface area (Å²) in [4.78, 5) is 14.6. The summed E-state index contributed by atoms with van der Waals surface area (Å²) in [6, 6.07) is 11.5. The van der Waals surface area contributed by atoms with Gasteiger partial charge in [0, 0.05) is 5.69 Å². The number of H-pyrrole nitrogens is 1. The molecule has 1 heterocycles. The molecule has 0 aliphatic heterocycles. The van der Waals surface area contributed by atoms with Crippen LogP contribution in [0.2, 0.25) is 0 Å². The SMILES string of the molecule is O=c1[nH]c2ccccc2n1C(=S)Nc1cccc(C(F)(F)F)c1. The average Bonchev–Trinajstić information content (AvgIpc) is 2.82. The molecule has 3 aromatic rings. The molecule has 3 rings (SSSR count). The molecule has 4 nitrogen and oxygen atoms in total. The van der Waals surface area contributed by atoms with Gasteiger partial charge < -0.3 is 10.3 Å². The Morgan fingerprint density at radius 1 is 1.13 bits per heavy atom. The zero-order valence-electron chi connectivity index (χ0n) is 11.5. The summed E-state index contributed by atoms with van der Waals surface area (Å²) in [6.45, 7) is 0. The van der Waals surface area contributed by atoms with Gasteiger partial charge in [0.2, 0.25) is 0 Å². The molecule has 0 aliphatic carbocycles. The summed E-state index contributed by atoms with van der Waals surface area (Å²) >= 11 is 5.16. The first-order valence-corrected chi connectivity index (χ1v) is 6.95. The lowest BCUT2D eigenvalue weighted by atomic mass is 10.2. The maximum Gasteiger partial charge on any atom is 0.416 e. The molecular weight excluding hydrogens is 327 g/mol. The number of alkyl halides is 3. The summed E-state index contributed by atoms with van der Waals surface area (Å²) in [7, 11) is 0. The molecule has 0 fully saturated rings. The number of imidazole rings is 1. The van der Waals surface area contributed by atoms with Gasteiger partial charge >= 0.3 is 11.9 Å². The highest BCUT2D eigenvalue weighted by molar-refractivity contribution is 7.80. The molecule has 0 spiro atoms. The molecule has 23 heavy (non-hydrogen) atoms. The van der Waals surface area contributed by atoms with Gasteiger partial charge in [0.15, 0.2) is 5.11 Å². The number of aromatic nitrogens is 2. The number of hydrogen-bond acceptors (Lipinski definition) is 2. The number of nitrogens with zero attached hydrogens (tertiary/aromatic N) is 1. The third-order valence-corrected chi connectivity index (χ3v) is 3.52. The van der Waals surface area contributed by atoms with Crippen LogP contribution in [-0.4, -0.2) is 14.7 Å². The van der Waals surface area contributed by atoms with Crippen LogP contribution in [-0.2, 0) is 6.18 Å². The van der Waals surface area contributed by atoms with Crippen LogP contribution < -0.4 is 11.0 Å². The van der Waals surface area contributed by atoms with Crippen molar-refractivity contribution in [2.24, 2.45) is 0 Å². The van der Waals surface area contributed by atoms with Crippen LogP contribution in [0.25, 0.3) is 11.0 Å². The van der Waals surface area contributed by atoms with Gasteiger partial charge in [-0.25, -0.2) is 9.36 Å². The number of hydrogen-bond donors (Lipinski definition) is 2. The van der Waals surface area contributed by atoms with Crippen molar-refractivity contribution in [2.75, 3.05) is 5.32 Å². The van der Waals surface area contributed by atoms with E-state index < -0.39 is 17.4 Å². The highest BCUT2D eigenvalue weighted by Crippen LogP contribution is 2.30. The Bertz CT molecular complexity index is 943. The molecule has 118 valence electrons. The minimum Gasteiger partial charge on any atom is -0.332 e. The Morgan fingerprint density at radius 2 is 1.87 bits per heavy atom. The molecule has 0 atom stereocenters. The summed E-state index contributed by atoms with van der Waals surface area (Å²) < 4.78 is 39.4. The Kier molecular flexibility index (Phi) is 3.69. The van der Waals surface area contributed by atoms with Gasteiger partial charge in [-0.15, -0.1) is 0 Å². The number of halogens is 3. The van der Waals surface area contributed by atoms with Crippen LogP contribution in [0.4, 0.5) is 18.9 Å². The maximum absolute atomic E-state index is 12.7. The molecule has 0 radical (unpaired) electrons. The van der Waals surface area contributed by atoms with E-state index in [1.54, 1.807) is 24.3 Å². The normalized spacial score (nSPS) is 11.6. The number of aromatic amines is 1. The lowest BCUT2D eigenvalue weighted by Crippen LogP contribution is -2.28. The second-order valence-corrected chi connectivity index (χ2v) is 5.18. The predicted molar refractivity (Wildman–Crippen MR) is 85.6 cm³/mol. The molecule has 0 amide bonds. The van der Waals surface area contributed by atoms with Crippen molar-refractivity contribution >= 4 is 34.1 Å². The van der Waals surface area contributed by atoms with E-state index in [1.165, 1.54) is 16.7 Å². The molecule has 1 aromatic heterocycles. The van der Waals surface area contributed by atoms with E-state index in [0.717, 1.165) is 12.1 Å². The summed E-state index contributed by atoms with van der Waals surface area (Å²) in [6.07, 6.45) is -4.45. The Morgan fingerprint density at radius 3 is 2.61 bits per heavy atom. The van der Waals surface area contributed by atoms with Crippen LogP contribution >= 0.6 is 12.2 Å². The van der Waals surface area contributed by atoms with Crippen molar-refractivity contribution < 1.29 is 13.2 Å². The first kappa shape index (κ1) is 15.3.